The van der Waals surface area contributed by atoms with Gasteiger partial charge in [0, 0.05) is 37.8 Å². The monoisotopic (exact) mass is 501 g/mol. The fraction of sp³-hybridized carbons (Fsp3) is 0.654. The highest BCUT2D eigenvalue weighted by Gasteiger charge is 2.38. The average molecular weight is 502 g/mol. The number of hydrogen-bond acceptors (Lipinski definition) is 7. The summed E-state index contributed by atoms with van der Waals surface area (Å²) in [4.78, 5) is 36.5. The van der Waals surface area contributed by atoms with E-state index in [9.17, 15) is 14.0 Å². The molecule has 1 N–H and O–H groups in total. The maximum atomic E-state index is 14.8. The first kappa shape index (κ1) is 24.8. The van der Waals surface area contributed by atoms with Crippen molar-refractivity contribution >= 4 is 29.1 Å². The third-order valence-electron chi connectivity index (χ3n) is 7.49. The third-order valence-corrected chi connectivity index (χ3v) is 7.49. The van der Waals surface area contributed by atoms with Crippen LogP contribution in [0, 0.1) is 11.7 Å². The van der Waals surface area contributed by atoms with Crippen molar-refractivity contribution in [1.29, 1.82) is 0 Å². The molecule has 4 saturated heterocycles. The number of amides is 2. The lowest BCUT2D eigenvalue weighted by Crippen LogP contribution is -2.59. The number of anilines is 1. The molecule has 4 aliphatic rings. The summed E-state index contributed by atoms with van der Waals surface area (Å²) in [5.41, 5.74) is -0.0758. The summed E-state index contributed by atoms with van der Waals surface area (Å²) in [7, 11) is 0. The number of carbonyl (C=O) groups is 2. The number of carbonyl (C=O) groups excluding carboxylic acids is 2. The van der Waals surface area contributed by atoms with Crippen molar-refractivity contribution in [2.24, 2.45) is 5.92 Å². The van der Waals surface area contributed by atoms with Gasteiger partial charge in [0.2, 0.25) is 0 Å². The third kappa shape index (κ3) is 4.75. The summed E-state index contributed by atoms with van der Waals surface area (Å²) < 4.78 is 26.2. The molecule has 196 valence electrons. The number of aromatic nitrogens is 1. The van der Waals surface area contributed by atoms with E-state index in [0.29, 0.717) is 24.6 Å². The highest BCUT2D eigenvalue weighted by Crippen LogP contribution is 2.32. The molecule has 0 spiro atoms. The van der Waals surface area contributed by atoms with Crippen molar-refractivity contribution < 1.29 is 23.1 Å². The summed E-state index contributed by atoms with van der Waals surface area (Å²) in [5.74, 6) is -0.337. The van der Waals surface area contributed by atoms with Gasteiger partial charge in [-0.1, -0.05) is 0 Å². The molecule has 0 radical (unpaired) electrons. The molecule has 1 aromatic heterocycles. The molecule has 5 heterocycles. The standard InChI is InChI=1S/C26H36FN5O4/c1-15-12-31(25(34)36-26(3,4)5)13-16(2)32(15)24-29-21-18(6-7-19(27)22(21)35-24)23(33)28-20-14-30-10-8-17(20)9-11-30/h6-7,15-17,20H,8-14H2,1-5H3,(H,28,33)/t15-,16-,20?/m0/s1. The van der Waals surface area contributed by atoms with Gasteiger partial charge in [0.1, 0.15) is 11.1 Å². The van der Waals surface area contributed by atoms with Crippen molar-refractivity contribution in [2.75, 3.05) is 37.6 Å². The number of piperazine rings is 1. The minimum Gasteiger partial charge on any atom is -0.444 e. The second kappa shape index (κ2) is 9.21. The molecule has 4 aliphatic heterocycles. The van der Waals surface area contributed by atoms with Crippen molar-refractivity contribution in [3.8, 4) is 0 Å². The highest BCUT2D eigenvalue weighted by molar-refractivity contribution is 6.05. The number of piperidine rings is 3. The number of ether oxygens (including phenoxy) is 1. The maximum Gasteiger partial charge on any atom is 0.410 e. The maximum absolute atomic E-state index is 14.8. The van der Waals surface area contributed by atoms with E-state index >= 15 is 0 Å². The number of halogens is 1. The molecule has 0 saturated carbocycles. The van der Waals surface area contributed by atoms with Crippen LogP contribution in [0.25, 0.3) is 11.1 Å². The van der Waals surface area contributed by atoms with Crippen LogP contribution in [0.3, 0.4) is 0 Å². The Hall–Kier alpha value is -2.88. The van der Waals surface area contributed by atoms with Gasteiger partial charge in [0.05, 0.1) is 5.56 Å². The van der Waals surface area contributed by atoms with E-state index in [1.807, 2.05) is 39.5 Å². The van der Waals surface area contributed by atoms with Crippen molar-refractivity contribution in [3.63, 3.8) is 0 Å². The minimum absolute atomic E-state index is 0.0273. The Morgan fingerprint density at radius 3 is 2.36 bits per heavy atom. The number of hydrogen-bond donors (Lipinski definition) is 1. The fourth-order valence-corrected chi connectivity index (χ4v) is 5.81. The normalized spacial score (nSPS) is 28.4. The molecule has 9 nitrogen and oxygen atoms in total. The molecule has 1 aromatic carbocycles. The fourth-order valence-electron chi connectivity index (χ4n) is 5.81. The second-order valence-electron chi connectivity index (χ2n) is 11.5. The summed E-state index contributed by atoms with van der Waals surface area (Å²) in [6.45, 7) is 13.3. The second-order valence-corrected chi connectivity index (χ2v) is 11.5. The van der Waals surface area contributed by atoms with E-state index in [2.05, 4.69) is 15.2 Å². The molecule has 10 heteroatoms. The lowest BCUT2D eigenvalue weighted by molar-refractivity contribution is 0.0189. The lowest BCUT2D eigenvalue weighted by atomic mass is 9.84. The van der Waals surface area contributed by atoms with E-state index in [1.54, 1.807) is 4.90 Å². The summed E-state index contributed by atoms with van der Waals surface area (Å²) in [6.07, 6.45) is 1.81. The average Bonchev–Trinajstić information content (AvgIpc) is 3.24. The number of oxazole rings is 1. The zero-order valence-electron chi connectivity index (χ0n) is 21.7. The van der Waals surface area contributed by atoms with Crippen LogP contribution in [-0.4, -0.2) is 83.2 Å². The molecule has 3 atom stereocenters. The van der Waals surface area contributed by atoms with Crippen LogP contribution < -0.4 is 10.2 Å². The van der Waals surface area contributed by atoms with Crippen molar-refractivity contribution in [3.05, 3.63) is 23.5 Å². The van der Waals surface area contributed by atoms with Gasteiger partial charge in [-0.05, 0) is 78.6 Å². The minimum atomic E-state index is -0.579. The largest absolute Gasteiger partial charge is 0.444 e. The quantitative estimate of drug-likeness (QED) is 0.687. The lowest BCUT2D eigenvalue weighted by Gasteiger charge is -2.44. The molecule has 6 rings (SSSR count). The zero-order chi connectivity index (χ0) is 25.8. The smallest absolute Gasteiger partial charge is 0.410 e. The Bertz CT molecular complexity index is 1140. The molecular weight excluding hydrogens is 465 g/mol. The van der Waals surface area contributed by atoms with Gasteiger partial charge in [0.15, 0.2) is 11.4 Å². The van der Waals surface area contributed by atoms with E-state index in [0.717, 1.165) is 32.5 Å². The molecule has 2 bridgehead atoms. The van der Waals surface area contributed by atoms with E-state index in [-0.39, 0.29) is 47.2 Å². The van der Waals surface area contributed by atoms with Crippen LogP contribution in [0.15, 0.2) is 16.5 Å². The van der Waals surface area contributed by atoms with E-state index in [1.165, 1.54) is 12.1 Å². The Labute approximate surface area is 210 Å². The van der Waals surface area contributed by atoms with Gasteiger partial charge in [-0.15, -0.1) is 0 Å². The van der Waals surface area contributed by atoms with Gasteiger partial charge in [-0.25, -0.2) is 9.18 Å². The number of nitrogens with zero attached hydrogens (tertiary/aromatic N) is 4. The molecule has 0 aliphatic carbocycles. The highest BCUT2D eigenvalue weighted by atomic mass is 19.1. The number of benzene rings is 1. The van der Waals surface area contributed by atoms with Gasteiger partial charge < -0.3 is 29.2 Å². The Morgan fingerprint density at radius 1 is 1.11 bits per heavy atom. The first-order valence-corrected chi connectivity index (χ1v) is 12.9. The van der Waals surface area contributed by atoms with Gasteiger partial charge >= 0.3 is 6.09 Å². The molecule has 2 amide bonds. The first-order chi connectivity index (χ1) is 17.0. The number of rotatable bonds is 3. The Balaban J connectivity index is 1.37. The van der Waals surface area contributed by atoms with Gasteiger partial charge in [0.25, 0.3) is 11.9 Å². The predicted octanol–water partition coefficient (Wildman–Crippen LogP) is 3.63. The summed E-state index contributed by atoms with van der Waals surface area (Å²) in [6, 6.07) is 2.77. The van der Waals surface area contributed by atoms with Crippen LogP contribution in [-0.2, 0) is 4.74 Å². The van der Waals surface area contributed by atoms with Crippen LogP contribution in [0.5, 0.6) is 0 Å². The van der Waals surface area contributed by atoms with Crippen LogP contribution in [0.4, 0.5) is 15.2 Å². The predicted molar refractivity (Wildman–Crippen MR) is 134 cm³/mol. The van der Waals surface area contributed by atoms with E-state index in [4.69, 9.17) is 9.15 Å². The molecule has 36 heavy (non-hydrogen) atoms. The van der Waals surface area contributed by atoms with Crippen molar-refractivity contribution in [2.45, 2.75) is 71.2 Å². The Morgan fingerprint density at radius 2 is 1.78 bits per heavy atom. The number of fused-ring (bicyclic) bond motifs is 4. The van der Waals surface area contributed by atoms with Crippen LogP contribution >= 0.6 is 0 Å². The zero-order valence-corrected chi connectivity index (χ0v) is 21.7. The molecular formula is C26H36FN5O4. The molecule has 1 unspecified atom stereocenters. The summed E-state index contributed by atoms with van der Waals surface area (Å²) >= 11 is 0. The van der Waals surface area contributed by atoms with Crippen LogP contribution in [0.2, 0.25) is 0 Å². The number of nitrogens with one attached hydrogen (secondary N) is 1. The van der Waals surface area contributed by atoms with E-state index < -0.39 is 11.4 Å². The summed E-state index contributed by atoms with van der Waals surface area (Å²) in [5, 5.41) is 3.16. The first-order valence-electron chi connectivity index (χ1n) is 12.9. The van der Waals surface area contributed by atoms with Crippen LogP contribution in [0.1, 0.15) is 57.8 Å². The molecule has 4 fully saturated rings. The Kier molecular flexibility index (Phi) is 6.34. The van der Waals surface area contributed by atoms with Gasteiger partial charge in [-0.3, -0.25) is 4.79 Å². The SMILES string of the molecule is C[C@H]1CN(C(=O)OC(C)(C)C)C[C@H](C)N1c1nc2c(C(=O)NC3CN4CCC3CC4)ccc(F)c2o1. The van der Waals surface area contributed by atoms with Gasteiger partial charge in [-0.2, -0.15) is 4.98 Å². The van der Waals surface area contributed by atoms with Crippen molar-refractivity contribution in [1.82, 2.24) is 20.1 Å². The topological polar surface area (TPSA) is 91.1 Å². The molecule has 2 aromatic rings.